The summed E-state index contributed by atoms with van der Waals surface area (Å²) < 4.78 is 24.4. The first-order valence-corrected chi connectivity index (χ1v) is 4.42. The van der Waals surface area contributed by atoms with E-state index in [0.717, 1.165) is 0 Å². The van der Waals surface area contributed by atoms with Crippen molar-refractivity contribution in [2.75, 3.05) is 5.94 Å². The molecule has 6 nitrogen and oxygen atoms in total. The normalized spacial score (nSPS) is 12.1. The highest BCUT2D eigenvalue weighted by Crippen LogP contribution is 1.96. The lowest BCUT2D eigenvalue weighted by Gasteiger charge is -2.05. The Morgan fingerprint density at radius 1 is 1.54 bits per heavy atom. The van der Waals surface area contributed by atoms with E-state index in [0.29, 0.717) is 0 Å². The molecule has 13 heavy (non-hydrogen) atoms. The molecule has 70 valence electrons. The maximum Gasteiger partial charge on any atom is 0.342 e. The van der Waals surface area contributed by atoms with Crippen molar-refractivity contribution >= 4 is 17.0 Å². The van der Waals surface area contributed by atoms with E-state index in [1.807, 2.05) is 0 Å². The molecule has 1 atom stereocenters. The fourth-order valence-electron chi connectivity index (χ4n) is 0.589. The van der Waals surface area contributed by atoms with Crippen LogP contribution in [0.3, 0.4) is 0 Å². The van der Waals surface area contributed by atoms with Crippen LogP contribution >= 0.6 is 0 Å². The Hall–Kier alpha value is -1.34. The zero-order valence-corrected chi connectivity index (χ0v) is 7.19. The Morgan fingerprint density at radius 3 is 2.69 bits per heavy atom. The van der Waals surface area contributed by atoms with Gasteiger partial charge in [-0.2, -0.15) is 0 Å². The van der Waals surface area contributed by atoms with E-state index in [1.54, 1.807) is 0 Å². The van der Waals surface area contributed by atoms with Crippen molar-refractivity contribution in [2.24, 2.45) is 0 Å². The second kappa shape index (κ2) is 4.63. The number of carbonyl (C=O) groups is 1. The largest absolute Gasteiger partial charge is 0.770 e. The minimum absolute atomic E-state index is 0.118. The second-order valence-electron chi connectivity index (χ2n) is 1.98. The molecule has 1 aromatic heterocycles. The Labute approximate surface area is 76.3 Å². The second-order valence-corrected chi connectivity index (χ2v) is 2.82. The highest BCUT2D eigenvalue weighted by atomic mass is 32.2. The molecule has 0 N–H and O–H groups in total. The minimum Gasteiger partial charge on any atom is -0.770 e. The van der Waals surface area contributed by atoms with Gasteiger partial charge in [0.25, 0.3) is 0 Å². The van der Waals surface area contributed by atoms with Gasteiger partial charge in [0, 0.05) is 12.4 Å². The molecule has 0 amide bonds. The van der Waals surface area contributed by atoms with E-state index in [-0.39, 0.29) is 5.56 Å². The summed E-state index contributed by atoms with van der Waals surface area (Å²) >= 11 is -2.39. The van der Waals surface area contributed by atoms with Gasteiger partial charge in [-0.25, -0.2) is 14.8 Å². The van der Waals surface area contributed by atoms with Crippen molar-refractivity contribution in [2.45, 2.75) is 0 Å². The fourth-order valence-corrected chi connectivity index (χ4v) is 0.793. The Morgan fingerprint density at radius 2 is 2.15 bits per heavy atom. The summed E-state index contributed by atoms with van der Waals surface area (Å²) in [5, 5.41) is 0. The molecule has 0 aromatic carbocycles. The van der Waals surface area contributed by atoms with Crippen LogP contribution in [0.1, 0.15) is 10.4 Å². The number of hydrogen-bond donors (Lipinski definition) is 0. The molecule has 1 unspecified atom stereocenters. The molecule has 0 aliphatic carbocycles. The summed E-state index contributed by atoms with van der Waals surface area (Å²) in [7, 11) is 0. The van der Waals surface area contributed by atoms with Gasteiger partial charge in [-0.15, -0.1) is 0 Å². The highest BCUT2D eigenvalue weighted by Gasteiger charge is 2.06. The average Bonchev–Trinajstić information content (AvgIpc) is 2.15. The molecule has 0 bridgehead atoms. The quantitative estimate of drug-likeness (QED) is 0.482. The third kappa shape index (κ3) is 3.26. The van der Waals surface area contributed by atoms with Gasteiger partial charge >= 0.3 is 5.97 Å². The Bertz CT molecular complexity index is 316. The smallest absolute Gasteiger partial charge is 0.342 e. The van der Waals surface area contributed by atoms with Crippen molar-refractivity contribution in [3.05, 3.63) is 24.3 Å². The van der Waals surface area contributed by atoms with Gasteiger partial charge in [0.1, 0.15) is 6.33 Å². The highest BCUT2D eigenvalue weighted by molar-refractivity contribution is 7.78. The number of ether oxygens (including phenoxy) is 1. The number of aromatic nitrogens is 2. The van der Waals surface area contributed by atoms with Crippen LogP contribution in [0.4, 0.5) is 0 Å². The van der Waals surface area contributed by atoms with Crippen molar-refractivity contribution in [1.82, 2.24) is 9.97 Å². The number of carbonyl (C=O) groups excluding carboxylic acids is 1. The van der Waals surface area contributed by atoms with Crippen molar-refractivity contribution in [3.8, 4) is 0 Å². The first kappa shape index (κ1) is 9.75. The van der Waals surface area contributed by atoms with Gasteiger partial charge in [-0.1, -0.05) is 0 Å². The number of nitrogens with zero attached hydrogens (tertiary/aromatic N) is 2. The predicted molar refractivity (Wildman–Crippen MR) is 41.2 cm³/mol. The minimum atomic E-state index is -2.39. The summed E-state index contributed by atoms with van der Waals surface area (Å²) in [5.41, 5.74) is 0.118. The lowest BCUT2D eigenvalue weighted by molar-refractivity contribution is 0.0568. The first-order chi connectivity index (χ1) is 6.20. The van der Waals surface area contributed by atoms with Gasteiger partial charge in [0.05, 0.1) is 5.56 Å². The summed E-state index contributed by atoms with van der Waals surface area (Å²) in [5.74, 6) is -1.42. The van der Waals surface area contributed by atoms with Crippen LogP contribution in [0, 0.1) is 0 Å². The lowest BCUT2D eigenvalue weighted by Crippen LogP contribution is -2.10. The van der Waals surface area contributed by atoms with Crippen LogP contribution in [-0.2, 0) is 15.8 Å². The van der Waals surface area contributed by atoms with Gasteiger partial charge in [-0.05, 0) is 11.1 Å². The Balaban J connectivity index is 2.54. The molecule has 0 fully saturated rings. The molecule has 0 spiro atoms. The summed E-state index contributed by atoms with van der Waals surface area (Å²) in [4.78, 5) is 18.1. The van der Waals surface area contributed by atoms with Gasteiger partial charge < -0.3 is 9.29 Å². The van der Waals surface area contributed by atoms with E-state index in [1.165, 1.54) is 18.7 Å². The fraction of sp³-hybridized carbons (Fsp3) is 0.167. The standard InChI is InChI=1S/C6H6N2O4S/c9-6(12-4-13(10)11)5-1-7-3-8-2-5/h1-3H,4H2,(H,10,11)/p-1. The summed E-state index contributed by atoms with van der Waals surface area (Å²) in [6, 6.07) is 0. The van der Waals surface area contributed by atoms with Crippen LogP contribution in [0.15, 0.2) is 18.7 Å². The van der Waals surface area contributed by atoms with E-state index in [4.69, 9.17) is 0 Å². The van der Waals surface area contributed by atoms with Gasteiger partial charge in [0.15, 0.2) is 5.94 Å². The maximum atomic E-state index is 11.0. The summed E-state index contributed by atoms with van der Waals surface area (Å²) in [6.07, 6.45) is 3.73. The average molecular weight is 201 g/mol. The Kier molecular flexibility index (Phi) is 3.47. The summed E-state index contributed by atoms with van der Waals surface area (Å²) in [6.45, 7) is 0. The molecule has 0 aliphatic rings. The molecule has 0 saturated carbocycles. The van der Waals surface area contributed by atoms with E-state index >= 15 is 0 Å². The number of esters is 1. The topological polar surface area (TPSA) is 92.2 Å². The van der Waals surface area contributed by atoms with Crippen molar-refractivity contribution in [1.29, 1.82) is 0 Å². The third-order valence-corrected chi connectivity index (χ3v) is 1.39. The molecular formula is C6H5N2O4S-. The van der Waals surface area contributed by atoms with E-state index in [2.05, 4.69) is 14.7 Å². The van der Waals surface area contributed by atoms with Crippen LogP contribution in [-0.4, -0.2) is 30.6 Å². The number of rotatable bonds is 3. The molecule has 1 aromatic rings. The van der Waals surface area contributed by atoms with Gasteiger partial charge in [-0.3, -0.25) is 4.21 Å². The molecule has 0 radical (unpaired) electrons. The third-order valence-electron chi connectivity index (χ3n) is 1.08. The molecule has 0 saturated heterocycles. The van der Waals surface area contributed by atoms with Crippen molar-refractivity contribution < 1.29 is 18.3 Å². The van der Waals surface area contributed by atoms with Crippen LogP contribution in [0.2, 0.25) is 0 Å². The number of hydrogen-bond acceptors (Lipinski definition) is 6. The SMILES string of the molecule is O=C(OCS(=O)[O-])c1cncnc1. The molecule has 0 aliphatic heterocycles. The van der Waals surface area contributed by atoms with Crippen LogP contribution < -0.4 is 0 Å². The monoisotopic (exact) mass is 201 g/mol. The zero-order valence-electron chi connectivity index (χ0n) is 6.37. The molecular weight excluding hydrogens is 196 g/mol. The van der Waals surface area contributed by atoms with Crippen LogP contribution in [0.25, 0.3) is 0 Å². The van der Waals surface area contributed by atoms with Crippen LogP contribution in [0.5, 0.6) is 0 Å². The maximum absolute atomic E-state index is 11.0. The van der Waals surface area contributed by atoms with Gasteiger partial charge in [0.2, 0.25) is 0 Å². The first-order valence-electron chi connectivity index (χ1n) is 3.18. The van der Waals surface area contributed by atoms with Crippen molar-refractivity contribution in [3.63, 3.8) is 0 Å². The molecule has 1 heterocycles. The molecule has 7 heteroatoms. The molecule has 1 rings (SSSR count). The van der Waals surface area contributed by atoms with E-state index < -0.39 is 23.0 Å². The predicted octanol–water partition coefficient (Wildman–Crippen LogP) is -0.530. The van der Waals surface area contributed by atoms with E-state index in [9.17, 15) is 13.6 Å². The zero-order chi connectivity index (χ0) is 9.68. The lowest BCUT2D eigenvalue weighted by atomic mass is 10.4.